The molecule has 0 radical (unpaired) electrons. The SMILES string of the molecule is CCCc1cncnc1OC1=CCC=NN1C/N=C/F. The molecule has 1 aromatic rings. The molecular weight excluding hydrogens is 261 g/mol. The van der Waals surface area contributed by atoms with Gasteiger partial charge in [0.1, 0.15) is 13.0 Å². The molecular formula is C13H16FN5O. The van der Waals surface area contributed by atoms with Gasteiger partial charge in [-0.25, -0.2) is 20.0 Å². The molecule has 0 fully saturated rings. The van der Waals surface area contributed by atoms with Gasteiger partial charge in [-0.1, -0.05) is 13.3 Å². The van der Waals surface area contributed by atoms with Crippen molar-refractivity contribution in [3.8, 4) is 5.88 Å². The van der Waals surface area contributed by atoms with E-state index in [0.29, 0.717) is 18.2 Å². The monoisotopic (exact) mass is 277 g/mol. The van der Waals surface area contributed by atoms with Crippen molar-refractivity contribution in [2.75, 3.05) is 6.67 Å². The van der Waals surface area contributed by atoms with Crippen LogP contribution in [0.5, 0.6) is 5.88 Å². The molecule has 1 aliphatic heterocycles. The lowest BCUT2D eigenvalue weighted by Crippen LogP contribution is -2.24. The summed E-state index contributed by atoms with van der Waals surface area (Å²) >= 11 is 0. The zero-order chi connectivity index (χ0) is 14.2. The summed E-state index contributed by atoms with van der Waals surface area (Å²) in [6, 6.07) is 0. The van der Waals surface area contributed by atoms with E-state index in [-0.39, 0.29) is 13.1 Å². The van der Waals surface area contributed by atoms with Gasteiger partial charge in [-0.05, 0) is 12.5 Å². The number of hydrogen-bond donors (Lipinski definition) is 0. The quantitative estimate of drug-likeness (QED) is 0.748. The lowest BCUT2D eigenvalue weighted by Gasteiger charge is -2.22. The average molecular weight is 277 g/mol. The molecule has 1 aliphatic rings. The second-order valence-corrected chi connectivity index (χ2v) is 4.10. The van der Waals surface area contributed by atoms with Crippen LogP contribution in [-0.2, 0) is 6.42 Å². The summed E-state index contributed by atoms with van der Waals surface area (Å²) < 4.78 is 17.8. The van der Waals surface area contributed by atoms with Gasteiger partial charge in [-0.3, -0.25) is 0 Å². The van der Waals surface area contributed by atoms with Crippen molar-refractivity contribution in [1.82, 2.24) is 15.0 Å². The zero-order valence-electron chi connectivity index (χ0n) is 11.2. The smallest absolute Gasteiger partial charge is 0.227 e. The highest BCUT2D eigenvalue weighted by molar-refractivity contribution is 5.60. The number of halogens is 1. The lowest BCUT2D eigenvalue weighted by molar-refractivity contribution is 0.216. The Morgan fingerprint density at radius 2 is 2.45 bits per heavy atom. The molecule has 0 amide bonds. The molecule has 2 heterocycles. The summed E-state index contributed by atoms with van der Waals surface area (Å²) in [5, 5.41) is 5.58. The molecule has 0 N–H and O–H groups in total. The predicted octanol–water partition coefficient (Wildman–Crippen LogP) is 2.30. The molecule has 2 rings (SSSR count). The van der Waals surface area contributed by atoms with E-state index in [1.54, 1.807) is 12.4 Å². The van der Waals surface area contributed by atoms with Crippen LogP contribution in [0.15, 0.2) is 34.6 Å². The first-order valence-corrected chi connectivity index (χ1v) is 6.40. The summed E-state index contributed by atoms with van der Waals surface area (Å²) in [5.74, 6) is 0.994. The van der Waals surface area contributed by atoms with E-state index in [9.17, 15) is 4.39 Å². The Bertz CT molecular complexity index is 529. The van der Waals surface area contributed by atoms with Crippen LogP contribution in [0.4, 0.5) is 4.39 Å². The van der Waals surface area contributed by atoms with Crippen LogP contribution < -0.4 is 4.74 Å². The number of ether oxygens (including phenoxy) is 1. The molecule has 0 spiro atoms. The first-order valence-electron chi connectivity index (χ1n) is 6.40. The minimum Gasteiger partial charge on any atom is -0.421 e. The molecule has 0 aliphatic carbocycles. The second-order valence-electron chi connectivity index (χ2n) is 4.10. The van der Waals surface area contributed by atoms with Crippen molar-refractivity contribution in [3.05, 3.63) is 30.0 Å². The third kappa shape index (κ3) is 3.59. The fraction of sp³-hybridized carbons (Fsp3) is 0.385. The van der Waals surface area contributed by atoms with Crippen molar-refractivity contribution in [2.24, 2.45) is 10.1 Å². The Balaban J connectivity index is 2.13. The lowest BCUT2D eigenvalue weighted by atomic mass is 10.2. The van der Waals surface area contributed by atoms with Crippen molar-refractivity contribution in [1.29, 1.82) is 0 Å². The van der Waals surface area contributed by atoms with E-state index >= 15 is 0 Å². The van der Waals surface area contributed by atoms with Gasteiger partial charge in [0.2, 0.25) is 11.8 Å². The van der Waals surface area contributed by atoms with Crippen molar-refractivity contribution < 1.29 is 9.13 Å². The van der Waals surface area contributed by atoms with Crippen molar-refractivity contribution in [3.63, 3.8) is 0 Å². The molecule has 0 atom stereocenters. The Morgan fingerprint density at radius 3 is 3.25 bits per heavy atom. The molecule has 1 aromatic heterocycles. The third-order valence-corrected chi connectivity index (χ3v) is 2.63. The number of allylic oxidation sites excluding steroid dienone is 1. The number of hydrogen-bond acceptors (Lipinski definition) is 6. The van der Waals surface area contributed by atoms with Crippen LogP contribution in [0.1, 0.15) is 25.3 Å². The van der Waals surface area contributed by atoms with Gasteiger partial charge >= 0.3 is 0 Å². The normalized spacial score (nSPS) is 14.7. The van der Waals surface area contributed by atoms with Crippen LogP contribution in [0.3, 0.4) is 0 Å². The average Bonchev–Trinajstić information content (AvgIpc) is 2.49. The fourth-order valence-electron chi connectivity index (χ4n) is 1.75. The van der Waals surface area contributed by atoms with Gasteiger partial charge in [0.25, 0.3) is 0 Å². The summed E-state index contributed by atoms with van der Waals surface area (Å²) in [6.07, 6.45) is 9.17. The summed E-state index contributed by atoms with van der Waals surface area (Å²) in [4.78, 5) is 11.7. The third-order valence-electron chi connectivity index (χ3n) is 2.63. The molecule has 0 unspecified atom stereocenters. The van der Waals surface area contributed by atoms with Gasteiger partial charge in [0.05, 0.1) is 0 Å². The summed E-state index contributed by atoms with van der Waals surface area (Å²) in [5.41, 5.74) is 0.930. The largest absolute Gasteiger partial charge is 0.421 e. The standard InChI is InChI=1S/C13H16FN5O/c1-2-4-11-7-15-9-17-13(11)20-12-5-3-6-18-19(12)10-16-8-14/h5-9H,2-4,10H2,1H3/b16-8+. The molecule has 106 valence electrons. The number of aliphatic imine (C=N–C) groups is 1. The van der Waals surface area contributed by atoms with E-state index in [4.69, 9.17) is 4.74 Å². The molecule has 0 saturated heterocycles. The minimum atomic E-state index is 0.0625. The number of aromatic nitrogens is 2. The second kappa shape index (κ2) is 7.32. The highest BCUT2D eigenvalue weighted by atomic mass is 19.1. The molecule has 6 nitrogen and oxygen atoms in total. The Morgan fingerprint density at radius 1 is 1.55 bits per heavy atom. The summed E-state index contributed by atoms with van der Waals surface area (Å²) in [7, 11) is 0. The number of hydrazone groups is 1. The highest BCUT2D eigenvalue weighted by Gasteiger charge is 2.15. The zero-order valence-corrected chi connectivity index (χ0v) is 11.2. The number of rotatable bonds is 6. The summed E-state index contributed by atoms with van der Waals surface area (Å²) in [6.45, 7) is 2.38. The topological polar surface area (TPSA) is 63.0 Å². The first kappa shape index (κ1) is 14.1. The van der Waals surface area contributed by atoms with E-state index in [0.717, 1.165) is 18.4 Å². The van der Waals surface area contributed by atoms with Crippen LogP contribution in [0.2, 0.25) is 0 Å². The maximum absolute atomic E-state index is 12.0. The Labute approximate surface area is 116 Å². The molecule has 7 heteroatoms. The Kier molecular flexibility index (Phi) is 5.16. The molecule has 20 heavy (non-hydrogen) atoms. The molecule has 0 bridgehead atoms. The van der Waals surface area contributed by atoms with Gasteiger partial charge in [0.15, 0.2) is 6.47 Å². The van der Waals surface area contributed by atoms with E-state index in [2.05, 4.69) is 27.0 Å². The fourth-order valence-corrected chi connectivity index (χ4v) is 1.75. The number of aryl methyl sites for hydroxylation is 1. The first-order chi connectivity index (χ1) is 9.85. The predicted molar refractivity (Wildman–Crippen MR) is 74.2 cm³/mol. The highest BCUT2D eigenvalue weighted by Crippen LogP contribution is 2.21. The van der Waals surface area contributed by atoms with Crippen LogP contribution >= 0.6 is 0 Å². The van der Waals surface area contributed by atoms with Gasteiger partial charge in [-0.15, -0.1) is 0 Å². The van der Waals surface area contributed by atoms with Crippen LogP contribution in [-0.4, -0.2) is 34.3 Å². The van der Waals surface area contributed by atoms with E-state index in [1.165, 1.54) is 11.3 Å². The maximum atomic E-state index is 12.0. The number of nitrogens with zero attached hydrogens (tertiary/aromatic N) is 5. The van der Waals surface area contributed by atoms with Gasteiger partial charge in [-0.2, -0.15) is 9.49 Å². The van der Waals surface area contributed by atoms with E-state index < -0.39 is 0 Å². The molecule has 0 saturated carbocycles. The van der Waals surface area contributed by atoms with Crippen LogP contribution in [0, 0.1) is 0 Å². The van der Waals surface area contributed by atoms with Crippen molar-refractivity contribution in [2.45, 2.75) is 26.2 Å². The molecule has 0 aromatic carbocycles. The van der Waals surface area contributed by atoms with Crippen molar-refractivity contribution >= 4 is 12.7 Å². The van der Waals surface area contributed by atoms with Gasteiger partial charge in [0, 0.05) is 24.4 Å². The van der Waals surface area contributed by atoms with Gasteiger partial charge < -0.3 is 4.74 Å². The van der Waals surface area contributed by atoms with Crippen LogP contribution in [0.25, 0.3) is 0 Å². The Hall–Kier alpha value is -2.31. The minimum absolute atomic E-state index is 0.0625. The van der Waals surface area contributed by atoms with E-state index in [1.807, 2.05) is 6.08 Å². The maximum Gasteiger partial charge on any atom is 0.227 e.